The van der Waals surface area contributed by atoms with Crippen molar-refractivity contribution in [1.29, 1.82) is 0 Å². The van der Waals surface area contributed by atoms with Crippen molar-refractivity contribution in [1.82, 2.24) is 4.98 Å². The molecule has 5 heteroatoms. The average Bonchev–Trinajstić information content (AvgIpc) is 3.01. The summed E-state index contributed by atoms with van der Waals surface area (Å²) in [6, 6.07) is 4.75. The lowest BCUT2D eigenvalue weighted by molar-refractivity contribution is 0.629. The predicted octanol–water partition coefficient (Wildman–Crippen LogP) is 4.23. The zero-order valence-electron chi connectivity index (χ0n) is 10.1. The smallest absolute Gasteiger partial charge is 0.127 e. The van der Waals surface area contributed by atoms with Crippen LogP contribution in [-0.2, 0) is 12.8 Å². The number of halogens is 1. The van der Waals surface area contributed by atoms with Crippen molar-refractivity contribution >= 4 is 37.9 Å². The first kappa shape index (κ1) is 11.4. The van der Waals surface area contributed by atoms with E-state index in [4.69, 9.17) is 5.73 Å². The minimum absolute atomic E-state index is 0.243. The molecule has 0 saturated heterocycles. The van der Waals surface area contributed by atoms with Gasteiger partial charge < -0.3 is 5.73 Å². The molecule has 0 saturated carbocycles. The molecule has 0 spiro atoms. The number of aromatic nitrogens is 1. The fourth-order valence-electron chi connectivity index (χ4n) is 2.67. The molecule has 0 bridgehead atoms. The summed E-state index contributed by atoms with van der Waals surface area (Å²) in [6.45, 7) is 0. The highest BCUT2D eigenvalue weighted by Crippen LogP contribution is 2.45. The second-order valence-corrected chi connectivity index (χ2v) is 6.90. The Labute approximate surface area is 117 Å². The normalized spacial score (nSPS) is 14.2. The molecule has 0 aliphatic heterocycles. The van der Waals surface area contributed by atoms with Crippen molar-refractivity contribution in [3.8, 4) is 10.6 Å². The maximum Gasteiger partial charge on any atom is 0.127 e. The molecule has 0 unspecified atom stereocenters. The van der Waals surface area contributed by atoms with E-state index in [0.29, 0.717) is 0 Å². The average molecular weight is 290 g/mol. The fraction of sp³-hybridized carbons (Fsp3) is 0.214. The summed E-state index contributed by atoms with van der Waals surface area (Å²) in [5.74, 6) is -0.243. The number of hydrogen-bond acceptors (Lipinski definition) is 4. The number of hydrogen-bond donors (Lipinski definition) is 1. The van der Waals surface area contributed by atoms with Crippen LogP contribution in [0, 0.1) is 5.82 Å². The quantitative estimate of drug-likeness (QED) is 0.728. The SMILES string of the molecule is Nc1sc2c(c1-c1nc3cc(F)ccc3s1)CCC2. The highest BCUT2D eigenvalue weighted by atomic mass is 32.1. The molecule has 96 valence electrons. The first-order valence-corrected chi connectivity index (χ1v) is 7.82. The maximum absolute atomic E-state index is 13.2. The van der Waals surface area contributed by atoms with E-state index < -0.39 is 0 Å². The summed E-state index contributed by atoms with van der Waals surface area (Å²) >= 11 is 3.27. The van der Waals surface area contributed by atoms with E-state index in [-0.39, 0.29) is 5.82 Å². The molecule has 2 aromatic heterocycles. The third-order valence-electron chi connectivity index (χ3n) is 3.51. The van der Waals surface area contributed by atoms with E-state index in [9.17, 15) is 4.39 Å². The monoisotopic (exact) mass is 290 g/mol. The Balaban J connectivity index is 1.95. The van der Waals surface area contributed by atoms with Gasteiger partial charge in [0, 0.05) is 16.5 Å². The summed E-state index contributed by atoms with van der Waals surface area (Å²) < 4.78 is 14.2. The molecule has 2 nitrogen and oxygen atoms in total. The predicted molar refractivity (Wildman–Crippen MR) is 79.3 cm³/mol. The van der Waals surface area contributed by atoms with Crippen LogP contribution in [0.1, 0.15) is 16.9 Å². The van der Waals surface area contributed by atoms with Gasteiger partial charge in [-0.25, -0.2) is 9.37 Å². The number of nitrogen functional groups attached to an aromatic ring is 1. The summed E-state index contributed by atoms with van der Waals surface area (Å²) in [4.78, 5) is 5.96. The highest BCUT2D eigenvalue weighted by Gasteiger charge is 2.23. The minimum Gasteiger partial charge on any atom is -0.390 e. The molecule has 1 aliphatic rings. The van der Waals surface area contributed by atoms with E-state index in [1.165, 1.54) is 29.0 Å². The second-order valence-electron chi connectivity index (χ2n) is 4.73. The van der Waals surface area contributed by atoms with Gasteiger partial charge in [-0.3, -0.25) is 0 Å². The van der Waals surface area contributed by atoms with Gasteiger partial charge in [0.2, 0.25) is 0 Å². The second kappa shape index (κ2) is 4.02. The first-order chi connectivity index (χ1) is 9.22. The lowest BCUT2D eigenvalue weighted by Crippen LogP contribution is -1.87. The van der Waals surface area contributed by atoms with E-state index in [0.717, 1.165) is 38.6 Å². The van der Waals surface area contributed by atoms with Crippen LogP contribution in [0.2, 0.25) is 0 Å². The number of fused-ring (bicyclic) bond motifs is 2. The van der Waals surface area contributed by atoms with Gasteiger partial charge in [0.05, 0.1) is 15.2 Å². The van der Waals surface area contributed by atoms with Crippen LogP contribution in [0.4, 0.5) is 9.39 Å². The summed E-state index contributed by atoms with van der Waals surface area (Å²) in [5, 5.41) is 1.78. The number of nitrogens with zero attached hydrogens (tertiary/aromatic N) is 1. The van der Waals surface area contributed by atoms with E-state index in [1.807, 2.05) is 0 Å². The number of rotatable bonds is 1. The largest absolute Gasteiger partial charge is 0.390 e. The molecule has 0 fully saturated rings. The maximum atomic E-state index is 13.2. The zero-order chi connectivity index (χ0) is 13.0. The van der Waals surface area contributed by atoms with Crippen LogP contribution in [0.3, 0.4) is 0 Å². The Morgan fingerprint density at radius 1 is 1.21 bits per heavy atom. The highest BCUT2D eigenvalue weighted by molar-refractivity contribution is 7.22. The Morgan fingerprint density at radius 3 is 3.00 bits per heavy atom. The molecule has 19 heavy (non-hydrogen) atoms. The molecule has 3 aromatic rings. The van der Waals surface area contributed by atoms with Crippen LogP contribution in [0.25, 0.3) is 20.8 Å². The van der Waals surface area contributed by atoms with E-state index in [2.05, 4.69) is 4.98 Å². The molecule has 2 heterocycles. The minimum atomic E-state index is -0.243. The molecule has 0 radical (unpaired) electrons. The molecule has 1 aliphatic carbocycles. The van der Waals surface area contributed by atoms with Gasteiger partial charge in [0.25, 0.3) is 0 Å². The van der Waals surface area contributed by atoms with Gasteiger partial charge in [-0.15, -0.1) is 22.7 Å². The third-order valence-corrected chi connectivity index (χ3v) is 5.69. The Morgan fingerprint density at radius 2 is 2.11 bits per heavy atom. The van der Waals surface area contributed by atoms with Crippen molar-refractivity contribution in [2.45, 2.75) is 19.3 Å². The van der Waals surface area contributed by atoms with Crippen molar-refractivity contribution in [2.75, 3.05) is 5.73 Å². The summed E-state index contributed by atoms with van der Waals surface area (Å²) in [7, 11) is 0. The molecule has 0 atom stereocenters. The van der Waals surface area contributed by atoms with E-state index >= 15 is 0 Å². The number of anilines is 1. The number of benzene rings is 1. The Hall–Kier alpha value is -1.46. The Bertz CT molecular complexity index is 788. The molecule has 4 rings (SSSR count). The number of thiazole rings is 1. The zero-order valence-corrected chi connectivity index (χ0v) is 11.7. The van der Waals surface area contributed by atoms with Crippen LogP contribution in [0.5, 0.6) is 0 Å². The fourth-order valence-corrected chi connectivity index (χ4v) is 4.93. The van der Waals surface area contributed by atoms with Crippen LogP contribution in [-0.4, -0.2) is 4.98 Å². The van der Waals surface area contributed by atoms with E-state index in [1.54, 1.807) is 28.7 Å². The lowest BCUT2D eigenvalue weighted by Gasteiger charge is -1.98. The standard InChI is InChI=1S/C14H11FN2S2/c15-7-4-5-11-9(6-7)17-14(19-11)12-8-2-1-3-10(8)18-13(12)16/h4-6H,1-3,16H2. The number of nitrogens with two attached hydrogens (primary N) is 1. The van der Waals surface area contributed by atoms with Crippen molar-refractivity contribution in [3.05, 3.63) is 34.5 Å². The van der Waals surface area contributed by atoms with Gasteiger partial charge in [0.1, 0.15) is 10.8 Å². The summed E-state index contributed by atoms with van der Waals surface area (Å²) in [6.07, 6.45) is 3.42. The van der Waals surface area contributed by atoms with Gasteiger partial charge >= 0.3 is 0 Å². The van der Waals surface area contributed by atoms with Crippen molar-refractivity contribution in [2.24, 2.45) is 0 Å². The Kier molecular flexibility index (Phi) is 2.40. The molecular formula is C14H11FN2S2. The van der Waals surface area contributed by atoms with Gasteiger partial charge in [-0.05, 0) is 37.0 Å². The topological polar surface area (TPSA) is 38.9 Å². The first-order valence-electron chi connectivity index (χ1n) is 6.19. The molecular weight excluding hydrogens is 279 g/mol. The third kappa shape index (κ3) is 1.69. The summed E-state index contributed by atoms with van der Waals surface area (Å²) in [5.41, 5.74) is 9.33. The van der Waals surface area contributed by atoms with Gasteiger partial charge in [-0.2, -0.15) is 0 Å². The number of aryl methyl sites for hydroxylation is 1. The van der Waals surface area contributed by atoms with Crippen LogP contribution >= 0.6 is 22.7 Å². The molecule has 0 amide bonds. The van der Waals surface area contributed by atoms with Gasteiger partial charge in [-0.1, -0.05) is 0 Å². The number of thiophene rings is 1. The van der Waals surface area contributed by atoms with Crippen molar-refractivity contribution in [3.63, 3.8) is 0 Å². The van der Waals surface area contributed by atoms with Gasteiger partial charge in [0.15, 0.2) is 0 Å². The molecule has 1 aromatic carbocycles. The van der Waals surface area contributed by atoms with Crippen LogP contribution in [0.15, 0.2) is 18.2 Å². The lowest BCUT2D eigenvalue weighted by atomic mass is 10.1. The van der Waals surface area contributed by atoms with Crippen LogP contribution < -0.4 is 5.73 Å². The van der Waals surface area contributed by atoms with Crippen molar-refractivity contribution < 1.29 is 4.39 Å². The molecule has 2 N–H and O–H groups in total.